The molecule has 4 aromatic rings. The molecule has 38 heavy (non-hydrogen) atoms. The molecule has 10 nitrogen and oxygen atoms in total. The average molecular weight is 520 g/mol. The van der Waals surface area contributed by atoms with Crippen LogP contribution in [0.25, 0.3) is 32.9 Å². The number of methoxy groups -OCH3 is 2. The first kappa shape index (κ1) is 27.3. The highest BCUT2D eigenvalue weighted by Gasteiger charge is 2.14. The number of benzene rings is 1. The predicted molar refractivity (Wildman–Crippen MR) is 152 cm³/mol. The molecule has 0 spiro atoms. The first-order valence-corrected chi connectivity index (χ1v) is 12.6. The first-order valence-electron chi connectivity index (χ1n) is 12.6. The lowest BCUT2D eigenvalue weighted by atomic mass is 10.0. The van der Waals surface area contributed by atoms with Crippen molar-refractivity contribution in [2.75, 3.05) is 67.3 Å². The SMILES string of the molecule is COc1cc2ncc3c(N)nc(-c4cncc(OC[C@@H](N)CN(C)CCCN(C)C)c4)cc3c2cc1OC. The van der Waals surface area contributed by atoms with Crippen molar-refractivity contribution in [3.63, 3.8) is 0 Å². The van der Waals surface area contributed by atoms with Gasteiger partial charge in [0.05, 0.1) is 37.7 Å². The maximum absolute atomic E-state index is 6.36. The largest absolute Gasteiger partial charge is 0.493 e. The van der Waals surface area contributed by atoms with E-state index in [1.165, 1.54) is 0 Å². The minimum absolute atomic E-state index is 0.122. The standard InChI is InChI=1S/C28H37N7O3/c1-34(2)7-6-8-35(3)16-19(29)17-38-20-9-18(13-31-14-20)24-10-21-22-11-26(36-4)27(37-5)12-25(22)32-15-23(21)28(30)33-24/h9-15,19H,6-8,16-17,29H2,1-5H3,(H2,30,33)/t19-/m0/s1. The minimum atomic E-state index is -0.122. The first-order chi connectivity index (χ1) is 18.3. The van der Waals surface area contributed by atoms with Crippen molar-refractivity contribution < 1.29 is 14.2 Å². The van der Waals surface area contributed by atoms with E-state index in [0.29, 0.717) is 35.4 Å². The fourth-order valence-corrected chi connectivity index (χ4v) is 4.45. The topological polar surface area (TPSA) is 125 Å². The van der Waals surface area contributed by atoms with Crippen LogP contribution in [-0.2, 0) is 0 Å². The molecule has 3 aromatic heterocycles. The molecule has 0 aliphatic heterocycles. The Kier molecular flexibility index (Phi) is 8.77. The Hall–Kier alpha value is -3.73. The number of nitrogens with two attached hydrogens (primary N) is 2. The normalized spacial score (nSPS) is 12.4. The molecule has 0 saturated carbocycles. The number of likely N-dealkylation sites (N-methyl/N-ethyl adjacent to an activating group) is 1. The fraction of sp³-hybridized carbons (Fsp3) is 0.393. The Morgan fingerprint density at radius 3 is 2.39 bits per heavy atom. The number of pyridine rings is 3. The van der Waals surface area contributed by atoms with Crippen LogP contribution in [-0.4, -0.2) is 92.4 Å². The van der Waals surface area contributed by atoms with Gasteiger partial charge in [0.1, 0.15) is 18.2 Å². The summed E-state index contributed by atoms with van der Waals surface area (Å²) < 4.78 is 16.9. The van der Waals surface area contributed by atoms with E-state index in [9.17, 15) is 0 Å². The zero-order valence-electron chi connectivity index (χ0n) is 22.8. The van der Waals surface area contributed by atoms with Gasteiger partial charge in [0.25, 0.3) is 0 Å². The van der Waals surface area contributed by atoms with E-state index in [0.717, 1.165) is 53.3 Å². The van der Waals surface area contributed by atoms with Crippen molar-refractivity contribution in [2.45, 2.75) is 12.5 Å². The van der Waals surface area contributed by atoms with Crippen LogP contribution < -0.4 is 25.7 Å². The lowest BCUT2D eigenvalue weighted by Gasteiger charge is -2.22. The minimum Gasteiger partial charge on any atom is -0.493 e. The highest BCUT2D eigenvalue weighted by Crippen LogP contribution is 2.37. The zero-order chi connectivity index (χ0) is 27.2. The number of ether oxygens (including phenoxy) is 3. The quantitative estimate of drug-likeness (QED) is 0.270. The summed E-state index contributed by atoms with van der Waals surface area (Å²) in [5.41, 5.74) is 14.9. The number of hydrogen-bond donors (Lipinski definition) is 2. The van der Waals surface area contributed by atoms with Gasteiger partial charge in [0.15, 0.2) is 11.5 Å². The van der Waals surface area contributed by atoms with Crippen molar-refractivity contribution in [2.24, 2.45) is 5.73 Å². The second-order valence-electron chi connectivity index (χ2n) is 9.74. The molecule has 10 heteroatoms. The van der Waals surface area contributed by atoms with Crippen molar-refractivity contribution in [3.8, 4) is 28.5 Å². The summed E-state index contributed by atoms with van der Waals surface area (Å²) in [5.74, 6) is 2.23. The monoisotopic (exact) mass is 519 g/mol. The van der Waals surface area contributed by atoms with Gasteiger partial charge in [-0.05, 0) is 64.2 Å². The third-order valence-electron chi connectivity index (χ3n) is 6.38. The molecule has 202 valence electrons. The van der Waals surface area contributed by atoms with E-state index in [1.54, 1.807) is 32.8 Å². The molecule has 0 unspecified atom stereocenters. The summed E-state index contributed by atoms with van der Waals surface area (Å²) in [4.78, 5) is 18.0. The van der Waals surface area contributed by atoms with Crippen LogP contribution >= 0.6 is 0 Å². The van der Waals surface area contributed by atoms with Gasteiger partial charge in [-0.25, -0.2) is 4.98 Å². The van der Waals surface area contributed by atoms with E-state index in [2.05, 4.69) is 45.9 Å². The molecule has 3 heterocycles. The van der Waals surface area contributed by atoms with Crippen LogP contribution in [0, 0.1) is 0 Å². The number of fused-ring (bicyclic) bond motifs is 3. The lowest BCUT2D eigenvalue weighted by molar-refractivity contribution is 0.230. The number of aromatic nitrogens is 3. The van der Waals surface area contributed by atoms with Gasteiger partial charge in [0, 0.05) is 41.3 Å². The summed E-state index contributed by atoms with van der Waals surface area (Å²) in [6.45, 7) is 3.17. The fourth-order valence-electron chi connectivity index (χ4n) is 4.45. The molecule has 0 bridgehead atoms. The number of anilines is 1. The second kappa shape index (κ2) is 12.2. The Balaban J connectivity index is 1.54. The van der Waals surface area contributed by atoms with E-state index in [-0.39, 0.29) is 6.04 Å². The summed E-state index contributed by atoms with van der Waals surface area (Å²) in [6.07, 6.45) is 6.24. The number of hydrogen-bond acceptors (Lipinski definition) is 10. The van der Waals surface area contributed by atoms with Crippen LogP contribution in [0.2, 0.25) is 0 Å². The molecule has 0 aliphatic rings. The molecular formula is C28H37N7O3. The van der Waals surface area contributed by atoms with Crippen LogP contribution in [0.15, 0.2) is 42.9 Å². The van der Waals surface area contributed by atoms with E-state index in [1.807, 2.05) is 24.3 Å². The molecule has 4 rings (SSSR count). The molecule has 0 amide bonds. The van der Waals surface area contributed by atoms with Gasteiger partial charge in [-0.15, -0.1) is 0 Å². The third kappa shape index (κ3) is 6.39. The molecule has 0 radical (unpaired) electrons. The smallest absolute Gasteiger partial charge is 0.162 e. The van der Waals surface area contributed by atoms with Crippen LogP contribution in [0.1, 0.15) is 6.42 Å². The highest BCUT2D eigenvalue weighted by atomic mass is 16.5. The van der Waals surface area contributed by atoms with Gasteiger partial charge >= 0.3 is 0 Å². The molecule has 1 aromatic carbocycles. The molecule has 0 aliphatic carbocycles. The van der Waals surface area contributed by atoms with E-state index < -0.39 is 0 Å². The summed E-state index contributed by atoms with van der Waals surface area (Å²) >= 11 is 0. The van der Waals surface area contributed by atoms with Gasteiger partial charge in [-0.2, -0.15) is 0 Å². The van der Waals surface area contributed by atoms with Crippen LogP contribution in [0.3, 0.4) is 0 Å². The Morgan fingerprint density at radius 1 is 0.895 bits per heavy atom. The average Bonchev–Trinajstić information content (AvgIpc) is 2.90. The van der Waals surface area contributed by atoms with E-state index >= 15 is 0 Å². The zero-order valence-corrected chi connectivity index (χ0v) is 22.8. The van der Waals surface area contributed by atoms with Crippen molar-refractivity contribution in [1.29, 1.82) is 0 Å². The van der Waals surface area contributed by atoms with Crippen LogP contribution in [0.4, 0.5) is 5.82 Å². The highest BCUT2D eigenvalue weighted by molar-refractivity contribution is 6.10. The van der Waals surface area contributed by atoms with Gasteiger partial charge in [-0.3, -0.25) is 9.97 Å². The van der Waals surface area contributed by atoms with Crippen molar-refractivity contribution >= 4 is 27.5 Å². The summed E-state index contributed by atoms with van der Waals surface area (Å²) in [6, 6.07) is 7.52. The van der Waals surface area contributed by atoms with Gasteiger partial charge < -0.3 is 35.5 Å². The lowest BCUT2D eigenvalue weighted by Crippen LogP contribution is -2.40. The number of nitrogen functional groups attached to an aromatic ring is 1. The molecular weight excluding hydrogens is 482 g/mol. The van der Waals surface area contributed by atoms with Crippen LogP contribution in [0.5, 0.6) is 17.2 Å². The predicted octanol–water partition coefficient (Wildman–Crippen LogP) is 3.03. The molecule has 4 N–H and O–H groups in total. The summed E-state index contributed by atoms with van der Waals surface area (Å²) in [7, 11) is 9.45. The van der Waals surface area contributed by atoms with Gasteiger partial charge in [-0.1, -0.05) is 0 Å². The Bertz CT molecular complexity index is 1400. The number of rotatable bonds is 12. The maximum atomic E-state index is 6.36. The van der Waals surface area contributed by atoms with E-state index in [4.69, 9.17) is 25.7 Å². The third-order valence-corrected chi connectivity index (χ3v) is 6.38. The van der Waals surface area contributed by atoms with Gasteiger partial charge in [0.2, 0.25) is 0 Å². The Morgan fingerprint density at radius 2 is 1.66 bits per heavy atom. The second-order valence-corrected chi connectivity index (χ2v) is 9.74. The Labute approximate surface area is 223 Å². The summed E-state index contributed by atoms with van der Waals surface area (Å²) in [5, 5.41) is 2.55. The molecule has 0 fully saturated rings. The number of nitrogens with zero attached hydrogens (tertiary/aromatic N) is 5. The van der Waals surface area contributed by atoms with Crippen molar-refractivity contribution in [3.05, 3.63) is 42.9 Å². The van der Waals surface area contributed by atoms with Crippen molar-refractivity contribution in [1.82, 2.24) is 24.8 Å². The molecule has 1 atom stereocenters. The maximum Gasteiger partial charge on any atom is 0.162 e. The molecule has 0 saturated heterocycles.